The van der Waals surface area contributed by atoms with Gasteiger partial charge in [-0.1, -0.05) is 0 Å². The second-order valence-electron chi connectivity index (χ2n) is 3.73. The second kappa shape index (κ2) is 3.89. The highest BCUT2D eigenvalue weighted by atomic mass is 19.4. The van der Waals surface area contributed by atoms with E-state index in [4.69, 9.17) is 0 Å². The van der Waals surface area contributed by atoms with E-state index in [2.05, 4.69) is 15.3 Å². The fourth-order valence-corrected chi connectivity index (χ4v) is 1.27. The van der Waals surface area contributed by atoms with Crippen molar-refractivity contribution in [3.05, 3.63) is 27.9 Å². The molecule has 0 spiro atoms. The van der Waals surface area contributed by atoms with Crippen LogP contribution in [0.3, 0.4) is 0 Å². The Hall–Kier alpha value is -1.37. The van der Waals surface area contributed by atoms with Crippen LogP contribution < -0.4 is 10.9 Å². The number of halogens is 3. The maximum Gasteiger partial charge on any atom is 0.433 e. The summed E-state index contributed by atoms with van der Waals surface area (Å²) in [5.74, 6) is 0.0201. The third-order valence-corrected chi connectivity index (χ3v) is 2.22. The van der Waals surface area contributed by atoms with Crippen molar-refractivity contribution >= 4 is 0 Å². The quantitative estimate of drug-likeness (QED) is 0.820. The Bertz CT molecular complexity index is 436. The number of nitrogens with one attached hydrogen (secondary N) is 2. The number of aromatic nitrogens is 2. The third kappa shape index (κ3) is 2.82. The number of H-pyrrole nitrogens is 1. The summed E-state index contributed by atoms with van der Waals surface area (Å²) in [7, 11) is 0. The molecule has 88 valence electrons. The fourth-order valence-electron chi connectivity index (χ4n) is 1.27. The van der Waals surface area contributed by atoms with Gasteiger partial charge in [0, 0.05) is 12.1 Å². The van der Waals surface area contributed by atoms with E-state index in [9.17, 15) is 18.0 Å². The molecule has 16 heavy (non-hydrogen) atoms. The number of rotatable bonds is 3. The molecule has 2 N–H and O–H groups in total. The minimum Gasteiger partial charge on any atom is -0.309 e. The highest BCUT2D eigenvalue weighted by molar-refractivity contribution is 5.06. The van der Waals surface area contributed by atoms with Crippen molar-refractivity contribution in [1.82, 2.24) is 15.3 Å². The molecule has 1 aromatic rings. The Morgan fingerprint density at radius 3 is 2.75 bits per heavy atom. The highest BCUT2D eigenvalue weighted by Gasteiger charge is 2.33. The maximum absolute atomic E-state index is 12.3. The van der Waals surface area contributed by atoms with Gasteiger partial charge in [-0.05, 0) is 12.8 Å². The predicted octanol–water partition coefficient (Wildman–Crippen LogP) is 1.04. The molecule has 0 radical (unpaired) electrons. The molecule has 0 aliphatic heterocycles. The van der Waals surface area contributed by atoms with Gasteiger partial charge in [-0.15, -0.1) is 0 Å². The summed E-state index contributed by atoms with van der Waals surface area (Å²) in [4.78, 5) is 16.6. The Morgan fingerprint density at radius 2 is 2.19 bits per heavy atom. The lowest BCUT2D eigenvalue weighted by molar-refractivity contribution is -0.141. The van der Waals surface area contributed by atoms with Gasteiger partial charge in [-0.2, -0.15) is 13.2 Å². The van der Waals surface area contributed by atoms with Crippen LogP contribution in [0.2, 0.25) is 0 Å². The van der Waals surface area contributed by atoms with Crippen LogP contribution in [-0.2, 0) is 12.7 Å². The second-order valence-corrected chi connectivity index (χ2v) is 3.73. The van der Waals surface area contributed by atoms with Crippen LogP contribution in [0.15, 0.2) is 10.9 Å². The number of alkyl halides is 3. The van der Waals surface area contributed by atoms with Gasteiger partial charge < -0.3 is 10.3 Å². The zero-order chi connectivity index (χ0) is 11.8. The largest absolute Gasteiger partial charge is 0.433 e. The van der Waals surface area contributed by atoms with Crippen LogP contribution in [0.1, 0.15) is 24.4 Å². The van der Waals surface area contributed by atoms with Crippen molar-refractivity contribution in [2.45, 2.75) is 31.6 Å². The first-order valence-electron chi connectivity index (χ1n) is 4.86. The van der Waals surface area contributed by atoms with E-state index < -0.39 is 17.4 Å². The van der Waals surface area contributed by atoms with Crippen molar-refractivity contribution in [2.75, 3.05) is 0 Å². The van der Waals surface area contributed by atoms with E-state index in [-0.39, 0.29) is 12.4 Å². The van der Waals surface area contributed by atoms with Crippen molar-refractivity contribution in [3.63, 3.8) is 0 Å². The van der Waals surface area contributed by atoms with Crippen LogP contribution in [0.4, 0.5) is 13.2 Å². The summed E-state index contributed by atoms with van der Waals surface area (Å²) < 4.78 is 37.0. The lowest BCUT2D eigenvalue weighted by atomic mass is 10.4. The molecule has 0 saturated heterocycles. The van der Waals surface area contributed by atoms with E-state index in [0.717, 1.165) is 12.8 Å². The summed E-state index contributed by atoms with van der Waals surface area (Å²) in [5, 5.41) is 2.98. The van der Waals surface area contributed by atoms with E-state index in [1.807, 2.05) is 0 Å². The normalized spacial score (nSPS) is 16.4. The van der Waals surface area contributed by atoms with E-state index >= 15 is 0 Å². The Balaban J connectivity index is 2.17. The molecule has 2 rings (SSSR count). The molecule has 1 fully saturated rings. The Kier molecular flexibility index (Phi) is 2.71. The first-order chi connectivity index (χ1) is 7.45. The van der Waals surface area contributed by atoms with Crippen LogP contribution in [0.25, 0.3) is 0 Å². The van der Waals surface area contributed by atoms with Gasteiger partial charge in [0.05, 0.1) is 6.54 Å². The molecule has 0 atom stereocenters. The third-order valence-electron chi connectivity index (χ3n) is 2.22. The van der Waals surface area contributed by atoms with Crippen LogP contribution in [0, 0.1) is 0 Å². The van der Waals surface area contributed by atoms with Gasteiger partial charge in [-0.25, -0.2) is 4.98 Å². The molecule has 0 unspecified atom stereocenters. The molecule has 7 heteroatoms. The average molecular weight is 233 g/mol. The van der Waals surface area contributed by atoms with Gasteiger partial charge >= 0.3 is 6.18 Å². The fraction of sp³-hybridized carbons (Fsp3) is 0.556. The standard InChI is InChI=1S/C9H10F3N3O/c10-9(11,12)6-3-8(16)15-7(14-6)4-13-5-1-2-5/h3,5,13H,1-2,4H2,(H,14,15,16). The lowest BCUT2D eigenvalue weighted by Crippen LogP contribution is -2.23. The first-order valence-corrected chi connectivity index (χ1v) is 4.86. The van der Waals surface area contributed by atoms with Gasteiger partial charge in [-0.3, -0.25) is 4.79 Å². The molecule has 1 aliphatic carbocycles. The average Bonchev–Trinajstić information content (AvgIpc) is 2.96. The number of hydrogen-bond donors (Lipinski definition) is 2. The van der Waals surface area contributed by atoms with Crippen molar-refractivity contribution < 1.29 is 13.2 Å². The minimum atomic E-state index is -4.58. The number of hydrogen-bond acceptors (Lipinski definition) is 3. The van der Waals surface area contributed by atoms with E-state index in [0.29, 0.717) is 12.1 Å². The lowest BCUT2D eigenvalue weighted by Gasteiger charge is -2.07. The molecular formula is C9H10F3N3O. The molecule has 1 aliphatic rings. The summed E-state index contributed by atoms with van der Waals surface area (Å²) in [6.45, 7) is 0.157. The molecule has 1 saturated carbocycles. The Labute approximate surface area is 88.9 Å². The minimum absolute atomic E-state index is 0.0201. The van der Waals surface area contributed by atoms with E-state index in [1.165, 1.54) is 0 Å². The smallest absolute Gasteiger partial charge is 0.309 e. The van der Waals surface area contributed by atoms with Crippen LogP contribution >= 0.6 is 0 Å². The van der Waals surface area contributed by atoms with Gasteiger partial charge in [0.1, 0.15) is 5.82 Å². The van der Waals surface area contributed by atoms with Crippen molar-refractivity contribution in [1.29, 1.82) is 0 Å². The van der Waals surface area contributed by atoms with Gasteiger partial charge in [0.15, 0.2) is 5.69 Å². The molecule has 1 heterocycles. The molecule has 0 bridgehead atoms. The topological polar surface area (TPSA) is 57.8 Å². The first kappa shape index (κ1) is 11.1. The van der Waals surface area contributed by atoms with Crippen molar-refractivity contribution in [2.24, 2.45) is 0 Å². The summed E-state index contributed by atoms with van der Waals surface area (Å²) in [6.07, 6.45) is -2.55. The number of aromatic amines is 1. The zero-order valence-electron chi connectivity index (χ0n) is 8.27. The summed E-state index contributed by atoms with van der Waals surface area (Å²) in [5.41, 5.74) is -1.93. The molecular weight excluding hydrogens is 223 g/mol. The SMILES string of the molecule is O=c1cc(C(F)(F)F)nc(CNC2CC2)[nH]1. The molecule has 1 aromatic heterocycles. The number of nitrogens with zero attached hydrogens (tertiary/aromatic N) is 1. The summed E-state index contributed by atoms with van der Waals surface area (Å²) in [6, 6.07) is 0.806. The molecule has 4 nitrogen and oxygen atoms in total. The summed E-state index contributed by atoms with van der Waals surface area (Å²) >= 11 is 0. The zero-order valence-corrected chi connectivity index (χ0v) is 8.27. The maximum atomic E-state index is 12.3. The van der Waals surface area contributed by atoms with Crippen LogP contribution in [-0.4, -0.2) is 16.0 Å². The Morgan fingerprint density at radius 1 is 1.50 bits per heavy atom. The van der Waals surface area contributed by atoms with Gasteiger partial charge in [0.2, 0.25) is 0 Å². The predicted molar refractivity (Wildman–Crippen MR) is 49.7 cm³/mol. The van der Waals surface area contributed by atoms with Gasteiger partial charge in [0.25, 0.3) is 5.56 Å². The monoisotopic (exact) mass is 233 g/mol. The van der Waals surface area contributed by atoms with Crippen LogP contribution in [0.5, 0.6) is 0 Å². The molecule has 0 amide bonds. The van der Waals surface area contributed by atoms with Crippen molar-refractivity contribution in [3.8, 4) is 0 Å². The molecule has 0 aromatic carbocycles. The van der Waals surface area contributed by atoms with E-state index in [1.54, 1.807) is 0 Å². The highest BCUT2D eigenvalue weighted by Crippen LogP contribution is 2.26.